The Morgan fingerprint density at radius 2 is 1.33 bits per heavy atom. The summed E-state index contributed by atoms with van der Waals surface area (Å²) in [6.45, 7) is 0. The molecule has 0 fully saturated rings. The van der Waals surface area contributed by atoms with Gasteiger partial charge in [0, 0.05) is 34.6 Å². The Morgan fingerprint density at radius 1 is 0.800 bits per heavy atom. The van der Waals surface area contributed by atoms with Crippen LogP contribution >= 0.6 is 31.4 Å². The first-order valence-corrected chi connectivity index (χ1v) is 7.75. The van der Waals surface area contributed by atoms with Crippen LogP contribution in [0.25, 0.3) is 0 Å². The van der Waals surface area contributed by atoms with Crippen LogP contribution in [-0.4, -0.2) is 9.97 Å². The van der Waals surface area contributed by atoms with Crippen molar-refractivity contribution in [2.45, 2.75) is 9.79 Å². The van der Waals surface area contributed by atoms with Crippen LogP contribution in [0.3, 0.4) is 0 Å². The Morgan fingerprint density at radius 3 is 1.73 bits per heavy atom. The lowest BCUT2D eigenvalue weighted by molar-refractivity contribution is 1.24. The summed E-state index contributed by atoms with van der Waals surface area (Å²) in [5, 5.41) is 0. The lowest BCUT2D eigenvalue weighted by Gasteiger charge is -1.98. The molecule has 2 aromatic heterocycles. The zero-order valence-corrected chi connectivity index (χ0v) is 10.2. The average molecular weight is 252 g/mol. The molecule has 0 aliphatic rings. The van der Waals surface area contributed by atoms with Crippen molar-refractivity contribution >= 4 is 31.4 Å². The summed E-state index contributed by atoms with van der Waals surface area (Å²) in [6, 6.07) is 7.98. The summed E-state index contributed by atoms with van der Waals surface area (Å²) in [7, 11) is 5.12. The lowest BCUT2D eigenvalue weighted by atomic mass is 10.5. The molecule has 0 aliphatic carbocycles. The van der Waals surface area contributed by atoms with Crippen molar-refractivity contribution in [2.24, 2.45) is 0 Å². The van der Waals surface area contributed by atoms with Gasteiger partial charge in [0.05, 0.1) is 0 Å². The number of aromatic nitrogens is 2. The van der Waals surface area contributed by atoms with Gasteiger partial charge in [0.1, 0.15) is 0 Å². The molecular weight excluding hydrogens is 244 g/mol. The number of pyridine rings is 2. The highest BCUT2D eigenvalue weighted by molar-refractivity contribution is 9.09. The van der Waals surface area contributed by atoms with E-state index >= 15 is 0 Å². The van der Waals surface area contributed by atoms with Crippen LogP contribution in [0, 0.1) is 0 Å². The van der Waals surface area contributed by atoms with Crippen LogP contribution in [0.5, 0.6) is 0 Å². The standard InChI is InChI=1S/C10H8N2S3/c1-3-9(7-11-5-1)13-15-14-10-4-2-6-12-8-10/h1-8H. The first-order valence-electron chi connectivity index (χ1n) is 4.26. The second kappa shape index (κ2) is 6.05. The predicted molar refractivity (Wildman–Crippen MR) is 67.8 cm³/mol. The minimum Gasteiger partial charge on any atom is -0.264 e. The predicted octanol–water partition coefficient (Wildman–Crippen LogP) is 3.92. The molecule has 2 heterocycles. The van der Waals surface area contributed by atoms with E-state index in [2.05, 4.69) is 22.1 Å². The second-order valence-electron chi connectivity index (χ2n) is 2.61. The molecule has 0 aliphatic heterocycles. The van der Waals surface area contributed by atoms with Gasteiger partial charge >= 0.3 is 0 Å². The van der Waals surface area contributed by atoms with Gasteiger partial charge in [0.15, 0.2) is 0 Å². The van der Waals surface area contributed by atoms with E-state index in [9.17, 15) is 0 Å². The van der Waals surface area contributed by atoms with Gasteiger partial charge in [-0.25, -0.2) is 0 Å². The van der Waals surface area contributed by atoms with E-state index in [1.807, 2.05) is 24.5 Å². The largest absolute Gasteiger partial charge is 0.264 e. The van der Waals surface area contributed by atoms with Crippen molar-refractivity contribution in [3.05, 3.63) is 49.1 Å². The molecule has 0 aromatic carbocycles. The van der Waals surface area contributed by atoms with Gasteiger partial charge in [-0.15, -0.1) is 0 Å². The first-order chi connectivity index (χ1) is 7.45. The summed E-state index contributed by atoms with van der Waals surface area (Å²) >= 11 is 0. The van der Waals surface area contributed by atoms with E-state index in [0.717, 1.165) is 0 Å². The zero-order valence-electron chi connectivity index (χ0n) is 7.74. The Labute approximate surface area is 100 Å². The fourth-order valence-electron chi connectivity index (χ4n) is 0.888. The first kappa shape index (κ1) is 10.9. The SMILES string of the molecule is c1cncc(SSSc2cccnc2)c1. The third-order valence-electron chi connectivity index (χ3n) is 1.53. The molecular formula is C10H8N2S3. The van der Waals surface area contributed by atoms with Crippen LogP contribution in [0.2, 0.25) is 0 Å². The Hall–Kier alpha value is -0.650. The Bertz CT molecular complexity index is 354. The third kappa shape index (κ3) is 3.77. The summed E-state index contributed by atoms with van der Waals surface area (Å²) in [5.74, 6) is 0. The van der Waals surface area contributed by atoms with Crippen LogP contribution < -0.4 is 0 Å². The monoisotopic (exact) mass is 252 g/mol. The quantitative estimate of drug-likeness (QED) is 0.768. The molecule has 5 heteroatoms. The van der Waals surface area contributed by atoms with Gasteiger partial charge in [0.2, 0.25) is 0 Å². The molecule has 0 amide bonds. The van der Waals surface area contributed by atoms with Gasteiger partial charge in [-0.2, -0.15) is 0 Å². The van der Waals surface area contributed by atoms with Crippen LogP contribution in [0.1, 0.15) is 0 Å². The maximum Gasteiger partial charge on any atom is 0.0412 e. The van der Waals surface area contributed by atoms with E-state index in [1.165, 1.54) is 9.79 Å². The van der Waals surface area contributed by atoms with Gasteiger partial charge in [-0.1, -0.05) is 0 Å². The van der Waals surface area contributed by atoms with E-state index in [-0.39, 0.29) is 0 Å². The fraction of sp³-hybridized carbons (Fsp3) is 0. The van der Waals surface area contributed by atoms with Crippen molar-refractivity contribution in [3.63, 3.8) is 0 Å². The summed E-state index contributed by atoms with van der Waals surface area (Å²) < 4.78 is 0. The van der Waals surface area contributed by atoms with E-state index in [0.29, 0.717) is 0 Å². The van der Waals surface area contributed by atoms with Crippen molar-refractivity contribution in [1.82, 2.24) is 9.97 Å². The maximum atomic E-state index is 4.05. The lowest BCUT2D eigenvalue weighted by Crippen LogP contribution is -1.70. The number of nitrogens with zero attached hydrogens (tertiary/aromatic N) is 2. The second-order valence-corrected chi connectivity index (χ2v) is 6.66. The van der Waals surface area contributed by atoms with E-state index in [4.69, 9.17) is 0 Å². The molecule has 2 rings (SSSR count). The molecule has 0 atom stereocenters. The van der Waals surface area contributed by atoms with Crippen molar-refractivity contribution < 1.29 is 0 Å². The van der Waals surface area contributed by atoms with Gasteiger partial charge in [0.25, 0.3) is 0 Å². The van der Waals surface area contributed by atoms with E-state index in [1.54, 1.807) is 43.8 Å². The molecule has 0 radical (unpaired) electrons. The summed E-state index contributed by atoms with van der Waals surface area (Å²) in [6.07, 6.45) is 7.29. The molecule has 0 bridgehead atoms. The van der Waals surface area contributed by atoms with Gasteiger partial charge < -0.3 is 0 Å². The third-order valence-corrected chi connectivity index (χ3v) is 5.32. The normalized spacial score (nSPS) is 10.1. The molecule has 0 N–H and O–H groups in total. The molecule has 0 saturated carbocycles. The summed E-state index contributed by atoms with van der Waals surface area (Å²) in [4.78, 5) is 10.4. The minimum absolute atomic E-state index is 1.17. The Balaban J connectivity index is 1.81. The Kier molecular flexibility index (Phi) is 4.38. The highest BCUT2D eigenvalue weighted by atomic mass is 33.5. The topological polar surface area (TPSA) is 25.8 Å². The highest BCUT2D eigenvalue weighted by Gasteiger charge is 1.96. The van der Waals surface area contributed by atoms with Crippen LogP contribution in [0.15, 0.2) is 58.8 Å². The molecule has 0 unspecified atom stereocenters. The minimum atomic E-state index is 1.17. The van der Waals surface area contributed by atoms with Crippen LogP contribution in [0.4, 0.5) is 0 Å². The zero-order chi connectivity index (χ0) is 10.3. The number of rotatable bonds is 4. The van der Waals surface area contributed by atoms with Crippen molar-refractivity contribution in [2.75, 3.05) is 0 Å². The number of hydrogen-bond donors (Lipinski definition) is 0. The van der Waals surface area contributed by atoms with Crippen LogP contribution in [-0.2, 0) is 0 Å². The van der Waals surface area contributed by atoms with E-state index < -0.39 is 0 Å². The fourth-order valence-corrected chi connectivity index (χ4v) is 4.44. The molecule has 2 nitrogen and oxygen atoms in total. The molecule has 15 heavy (non-hydrogen) atoms. The van der Waals surface area contributed by atoms with Gasteiger partial charge in [-0.3, -0.25) is 9.97 Å². The van der Waals surface area contributed by atoms with Crippen molar-refractivity contribution in [3.8, 4) is 0 Å². The molecule has 2 aromatic rings. The average Bonchev–Trinajstić information content (AvgIpc) is 2.32. The van der Waals surface area contributed by atoms with Crippen molar-refractivity contribution in [1.29, 1.82) is 0 Å². The molecule has 0 spiro atoms. The highest BCUT2D eigenvalue weighted by Crippen LogP contribution is 2.43. The summed E-state index contributed by atoms with van der Waals surface area (Å²) in [5.41, 5.74) is 0. The molecule has 0 saturated heterocycles. The number of hydrogen-bond acceptors (Lipinski definition) is 5. The maximum absolute atomic E-state index is 4.05. The van der Waals surface area contributed by atoms with Gasteiger partial charge in [-0.05, 0) is 55.7 Å². The molecule has 76 valence electrons. The smallest absolute Gasteiger partial charge is 0.0412 e.